The van der Waals surface area contributed by atoms with Crippen LogP contribution in [0.1, 0.15) is 16.7 Å². The van der Waals surface area contributed by atoms with Crippen LogP contribution in [0.4, 0.5) is 5.69 Å². The van der Waals surface area contributed by atoms with Crippen molar-refractivity contribution < 1.29 is 4.92 Å². The monoisotopic (exact) mass is 347 g/mol. The van der Waals surface area contributed by atoms with Gasteiger partial charge in [-0.05, 0) is 48.7 Å². The van der Waals surface area contributed by atoms with Gasteiger partial charge >= 0.3 is 0 Å². The normalized spacial score (nSPS) is 11.1. The molecule has 0 aliphatic carbocycles. The highest BCUT2D eigenvalue weighted by Gasteiger charge is 2.11. The molecule has 0 radical (unpaired) electrons. The summed E-state index contributed by atoms with van der Waals surface area (Å²) in [6, 6.07) is 8.59. The van der Waals surface area contributed by atoms with Crippen LogP contribution < -0.4 is 0 Å². The van der Waals surface area contributed by atoms with Crippen LogP contribution in [0.25, 0.3) is 11.0 Å². The molecule has 118 valence electrons. The van der Waals surface area contributed by atoms with Crippen molar-refractivity contribution in [1.82, 2.24) is 9.97 Å². The molecule has 7 heteroatoms. The Labute approximate surface area is 142 Å². The molecule has 3 rings (SSSR count). The maximum absolute atomic E-state index is 10.9. The second kappa shape index (κ2) is 6.22. The first kappa shape index (κ1) is 15.8. The number of nitro benzene ring substituents is 1. The summed E-state index contributed by atoms with van der Waals surface area (Å²) >= 11 is 7.59. The van der Waals surface area contributed by atoms with Gasteiger partial charge in [-0.2, -0.15) is 0 Å². The zero-order chi connectivity index (χ0) is 16.6. The Balaban J connectivity index is 1.83. The lowest BCUT2D eigenvalue weighted by Crippen LogP contribution is -1.91. The maximum Gasteiger partial charge on any atom is 0.269 e. The lowest BCUT2D eigenvalue weighted by molar-refractivity contribution is -0.384. The highest BCUT2D eigenvalue weighted by Crippen LogP contribution is 2.29. The maximum atomic E-state index is 10.9. The zero-order valence-corrected chi connectivity index (χ0v) is 14.2. The summed E-state index contributed by atoms with van der Waals surface area (Å²) < 4.78 is 0. The highest BCUT2D eigenvalue weighted by molar-refractivity contribution is 7.98. The summed E-state index contributed by atoms with van der Waals surface area (Å²) in [4.78, 5) is 18.3. The molecule has 1 heterocycles. The molecule has 0 unspecified atom stereocenters. The molecule has 0 fully saturated rings. The van der Waals surface area contributed by atoms with Crippen molar-refractivity contribution in [1.29, 1.82) is 0 Å². The number of fused-ring (bicyclic) bond motifs is 1. The number of rotatable bonds is 4. The quantitative estimate of drug-likeness (QED) is 0.408. The number of thioether (sulfide) groups is 1. The van der Waals surface area contributed by atoms with E-state index in [0.717, 1.165) is 21.8 Å². The lowest BCUT2D eigenvalue weighted by Gasteiger charge is -2.02. The first-order chi connectivity index (χ1) is 10.9. The van der Waals surface area contributed by atoms with Crippen molar-refractivity contribution >= 4 is 40.1 Å². The number of nitro groups is 1. The molecule has 0 atom stereocenters. The van der Waals surface area contributed by atoms with E-state index in [0.29, 0.717) is 10.8 Å². The Morgan fingerprint density at radius 1 is 1.26 bits per heavy atom. The first-order valence-electron chi connectivity index (χ1n) is 6.96. The molecule has 23 heavy (non-hydrogen) atoms. The van der Waals surface area contributed by atoms with Gasteiger partial charge in [-0.25, -0.2) is 4.98 Å². The van der Waals surface area contributed by atoms with Crippen LogP contribution in [0.5, 0.6) is 0 Å². The van der Waals surface area contributed by atoms with E-state index in [1.165, 1.54) is 35.0 Å². The Morgan fingerprint density at radius 2 is 2.00 bits per heavy atom. The van der Waals surface area contributed by atoms with Crippen LogP contribution in [-0.4, -0.2) is 14.9 Å². The van der Waals surface area contributed by atoms with Gasteiger partial charge in [-0.15, -0.1) is 0 Å². The number of H-pyrrole nitrogens is 1. The summed E-state index contributed by atoms with van der Waals surface area (Å²) in [5, 5.41) is 12.1. The highest BCUT2D eigenvalue weighted by atomic mass is 35.5. The fourth-order valence-electron chi connectivity index (χ4n) is 2.25. The van der Waals surface area contributed by atoms with E-state index in [1.54, 1.807) is 6.07 Å². The van der Waals surface area contributed by atoms with Crippen molar-refractivity contribution in [2.24, 2.45) is 0 Å². The van der Waals surface area contributed by atoms with Gasteiger partial charge in [-0.3, -0.25) is 10.1 Å². The number of benzene rings is 2. The molecule has 5 nitrogen and oxygen atoms in total. The minimum absolute atomic E-state index is 0.0425. The Morgan fingerprint density at radius 3 is 2.74 bits per heavy atom. The number of imidazole rings is 1. The number of aryl methyl sites for hydroxylation is 2. The molecule has 0 saturated carbocycles. The topological polar surface area (TPSA) is 71.8 Å². The fraction of sp³-hybridized carbons (Fsp3) is 0.188. The first-order valence-corrected chi connectivity index (χ1v) is 8.33. The smallest absolute Gasteiger partial charge is 0.269 e. The fourth-order valence-corrected chi connectivity index (χ4v) is 3.39. The van der Waals surface area contributed by atoms with Crippen molar-refractivity contribution in [3.05, 3.63) is 62.2 Å². The molecule has 0 bridgehead atoms. The van der Waals surface area contributed by atoms with Gasteiger partial charge in [0.1, 0.15) is 0 Å². The predicted molar refractivity (Wildman–Crippen MR) is 93.2 cm³/mol. The van der Waals surface area contributed by atoms with Gasteiger partial charge in [0.2, 0.25) is 0 Å². The largest absolute Gasteiger partial charge is 0.333 e. The van der Waals surface area contributed by atoms with Gasteiger partial charge in [0.25, 0.3) is 5.69 Å². The number of aromatic amines is 1. The molecule has 0 saturated heterocycles. The second-order valence-electron chi connectivity index (χ2n) is 5.32. The van der Waals surface area contributed by atoms with E-state index in [9.17, 15) is 10.1 Å². The summed E-state index contributed by atoms with van der Waals surface area (Å²) in [6.07, 6.45) is 0. The molecular weight excluding hydrogens is 334 g/mol. The molecule has 0 spiro atoms. The number of non-ortho nitro benzene ring substituents is 1. The van der Waals surface area contributed by atoms with E-state index < -0.39 is 4.92 Å². The van der Waals surface area contributed by atoms with Crippen LogP contribution in [0.3, 0.4) is 0 Å². The van der Waals surface area contributed by atoms with Gasteiger partial charge in [0.15, 0.2) is 5.16 Å². The minimum Gasteiger partial charge on any atom is -0.333 e. The van der Waals surface area contributed by atoms with Gasteiger partial charge < -0.3 is 4.98 Å². The van der Waals surface area contributed by atoms with Crippen LogP contribution in [-0.2, 0) is 5.75 Å². The number of hydrogen-bond acceptors (Lipinski definition) is 4. The number of nitrogens with one attached hydrogen (secondary N) is 1. The number of hydrogen-bond donors (Lipinski definition) is 1. The molecule has 3 aromatic rings. The number of halogens is 1. The molecule has 1 aromatic heterocycles. The molecule has 0 amide bonds. The Bertz CT molecular complexity index is 869. The average Bonchev–Trinajstić information content (AvgIpc) is 2.88. The van der Waals surface area contributed by atoms with E-state index in [2.05, 4.69) is 29.9 Å². The van der Waals surface area contributed by atoms with Crippen LogP contribution in [0.2, 0.25) is 5.02 Å². The third kappa shape index (κ3) is 3.33. The van der Waals surface area contributed by atoms with Gasteiger partial charge in [0.05, 0.1) is 16.0 Å². The minimum atomic E-state index is -0.419. The third-order valence-corrected chi connectivity index (χ3v) is 4.97. The van der Waals surface area contributed by atoms with E-state index in [4.69, 9.17) is 11.6 Å². The van der Waals surface area contributed by atoms with Crippen molar-refractivity contribution in [3.8, 4) is 0 Å². The Hall–Kier alpha value is -2.05. The third-order valence-electron chi connectivity index (χ3n) is 3.68. The molecular formula is C16H14ClN3O2S. The van der Waals surface area contributed by atoms with Crippen LogP contribution in [0, 0.1) is 24.0 Å². The van der Waals surface area contributed by atoms with Crippen molar-refractivity contribution in [3.63, 3.8) is 0 Å². The molecule has 0 aliphatic rings. The van der Waals surface area contributed by atoms with Crippen LogP contribution in [0.15, 0.2) is 35.5 Å². The standard InChI is InChI=1S/C16H14ClN3O2S/c1-9-5-14-15(6-10(9)2)19-16(18-14)23-8-11-7-12(20(21)22)3-4-13(11)17/h3-7H,8H2,1-2H3,(H,18,19). The average molecular weight is 348 g/mol. The number of aromatic nitrogens is 2. The van der Waals surface area contributed by atoms with E-state index in [1.807, 2.05) is 6.07 Å². The SMILES string of the molecule is Cc1cc2nc(SCc3cc([N+](=O)[O-])ccc3Cl)[nH]c2cc1C. The summed E-state index contributed by atoms with van der Waals surface area (Å²) in [7, 11) is 0. The summed E-state index contributed by atoms with van der Waals surface area (Å²) in [6.45, 7) is 4.12. The van der Waals surface area contributed by atoms with Crippen molar-refractivity contribution in [2.75, 3.05) is 0 Å². The molecule has 0 aliphatic heterocycles. The van der Waals surface area contributed by atoms with Gasteiger partial charge in [0, 0.05) is 22.9 Å². The molecule has 2 aromatic carbocycles. The van der Waals surface area contributed by atoms with Crippen LogP contribution >= 0.6 is 23.4 Å². The second-order valence-corrected chi connectivity index (χ2v) is 6.69. The predicted octanol–water partition coefficient (Wildman–Crippen LogP) is 5.03. The zero-order valence-electron chi connectivity index (χ0n) is 12.6. The molecule has 1 N–H and O–H groups in total. The Kier molecular flexibility index (Phi) is 4.28. The number of nitrogens with zero attached hydrogens (tertiary/aromatic N) is 2. The van der Waals surface area contributed by atoms with Gasteiger partial charge in [-0.1, -0.05) is 23.4 Å². The summed E-state index contributed by atoms with van der Waals surface area (Å²) in [5.41, 5.74) is 5.07. The van der Waals surface area contributed by atoms with E-state index in [-0.39, 0.29) is 5.69 Å². The van der Waals surface area contributed by atoms with E-state index >= 15 is 0 Å². The lowest BCUT2D eigenvalue weighted by atomic mass is 10.1. The van der Waals surface area contributed by atoms with Crippen molar-refractivity contribution in [2.45, 2.75) is 24.8 Å². The summed E-state index contributed by atoms with van der Waals surface area (Å²) in [5.74, 6) is 0.512.